The van der Waals surface area contributed by atoms with Crippen LogP contribution in [-0.4, -0.2) is 45.9 Å². The standard InChI is InChI=1S/C18H18F3N3O3S/c1-2-26-12-5-6-14-15(8-12)23-17(22-14)28-10-16(25)24(11-18(19,20)21)9-13-4-3-7-27-13/h3-8H,2,9-11H2,1H3,(H,22,23). The molecule has 0 saturated heterocycles. The number of thioether (sulfide) groups is 1. The summed E-state index contributed by atoms with van der Waals surface area (Å²) in [5.74, 6) is 0.125. The summed E-state index contributed by atoms with van der Waals surface area (Å²) in [6.07, 6.45) is -3.15. The van der Waals surface area contributed by atoms with E-state index in [1.54, 1.807) is 24.3 Å². The summed E-state index contributed by atoms with van der Waals surface area (Å²) < 4.78 is 49.0. The van der Waals surface area contributed by atoms with Gasteiger partial charge >= 0.3 is 6.18 Å². The molecule has 1 amide bonds. The fourth-order valence-electron chi connectivity index (χ4n) is 2.55. The number of halogens is 3. The van der Waals surface area contributed by atoms with Gasteiger partial charge in [-0.2, -0.15) is 13.2 Å². The van der Waals surface area contributed by atoms with E-state index in [0.29, 0.717) is 23.0 Å². The zero-order valence-electron chi connectivity index (χ0n) is 15.0. The van der Waals surface area contributed by atoms with Gasteiger partial charge in [0.15, 0.2) is 5.16 Å². The predicted molar refractivity (Wildman–Crippen MR) is 98.2 cm³/mol. The highest BCUT2D eigenvalue weighted by Crippen LogP contribution is 2.25. The Kier molecular flexibility index (Phi) is 6.18. The molecule has 150 valence electrons. The van der Waals surface area contributed by atoms with E-state index in [9.17, 15) is 18.0 Å². The third kappa shape index (κ3) is 5.44. The summed E-state index contributed by atoms with van der Waals surface area (Å²) in [6, 6.07) is 8.42. The average Bonchev–Trinajstić information content (AvgIpc) is 3.27. The lowest BCUT2D eigenvalue weighted by Crippen LogP contribution is -2.39. The summed E-state index contributed by atoms with van der Waals surface area (Å²) in [4.78, 5) is 20.5. The number of nitrogens with one attached hydrogen (secondary N) is 1. The van der Waals surface area contributed by atoms with Crippen LogP contribution >= 0.6 is 11.8 Å². The van der Waals surface area contributed by atoms with Crippen molar-refractivity contribution >= 4 is 28.7 Å². The second kappa shape index (κ2) is 8.59. The van der Waals surface area contributed by atoms with Crippen molar-refractivity contribution in [2.45, 2.75) is 24.8 Å². The van der Waals surface area contributed by atoms with Crippen LogP contribution in [-0.2, 0) is 11.3 Å². The molecule has 1 aromatic carbocycles. The predicted octanol–water partition coefficient (Wildman–Crippen LogP) is 4.24. The Morgan fingerprint density at radius 1 is 1.36 bits per heavy atom. The van der Waals surface area contributed by atoms with Crippen molar-refractivity contribution in [1.82, 2.24) is 14.9 Å². The first-order chi connectivity index (χ1) is 13.3. The van der Waals surface area contributed by atoms with Crippen LogP contribution in [0.2, 0.25) is 0 Å². The van der Waals surface area contributed by atoms with E-state index in [1.807, 2.05) is 6.92 Å². The molecule has 0 spiro atoms. The molecule has 0 unspecified atom stereocenters. The number of benzene rings is 1. The monoisotopic (exact) mass is 413 g/mol. The molecule has 2 aromatic heterocycles. The van der Waals surface area contributed by atoms with Gasteiger partial charge < -0.3 is 19.0 Å². The second-order valence-electron chi connectivity index (χ2n) is 5.89. The van der Waals surface area contributed by atoms with E-state index < -0.39 is 18.6 Å². The minimum absolute atomic E-state index is 0.186. The van der Waals surface area contributed by atoms with Crippen LogP contribution in [0.5, 0.6) is 5.75 Å². The molecule has 3 aromatic rings. The highest BCUT2D eigenvalue weighted by atomic mass is 32.2. The molecular weight excluding hydrogens is 395 g/mol. The number of nitrogens with zero attached hydrogens (tertiary/aromatic N) is 2. The van der Waals surface area contributed by atoms with Gasteiger partial charge in [-0.15, -0.1) is 0 Å². The number of H-pyrrole nitrogens is 1. The van der Waals surface area contributed by atoms with E-state index in [4.69, 9.17) is 9.15 Å². The summed E-state index contributed by atoms with van der Waals surface area (Å²) in [7, 11) is 0. The molecule has 1 N–H and O–H groups in total. The van der Waals surface area contributed by atoms with E-state index in [-0.39, 0.29) is 18.1 Å². The topological polar surface area (TPSA) is 71.4 Å². The Labute approximate surface area is 163 Å². The van der Waals surface area contributed by atoms with Crippen molar-refractivity contribution in [3.05, 3.63) is 42.4 Å². The Balaban J connectivity index is 1.66. The van der Waals surface area contributed by atoms with E-state index in [1.165, 1.54) is 12.3 Å². The number of carbonyl (C=O) groups excluding carboxylic acids is 1. The molecule has 2 heterocycles. The van der Waals surface area contributed by atoms with Gasteiger partial charge in [-0.1, -0.05) is 11.8 Å². The number of alkyl halides is 3. The molecule has 3 rings (SSSR count). The maximum Gasteiger partial charge on any atom is 0.406 e. The molecule has 0 atom stereocenters. The van der Waals surface area contributed by atoms with Crippen LogP contribution in [0.25, 0.3) is 11.0 Å². The zero-order valence-corrected chi connectivity index (χ0v) is 15.8. The molecule has 0 bridgehead atoms. The zero-order chi connectivity index (χ0) is 20.1. The molecule has 10 heteroatoms. The lowest BCUT2D eigenvalue weighted by Gasteiger charge is -2.22. The summed E-state index contributed by atoms with van der Waals surface area (Å²) in [5, 5.41) is 0.446. The van der Waals surface area contributed by atoms with Crippen LogP contribution in [0.3, 0.4) is 0 Å². The van der Waals surface area contributed by atoms with Crippen molar-refractivity contribution in [2.75, 3.05) is 18.9 Å². The highest BCUT2D eigenvalue weighted by Gasteiger charge is 2.33. The number of fused-ring (bicyclic) bond motifs is 1. The van der Waals surface area contributed by atoms with Crippen LogP contribution in [0.1, 0.15) is 12.7 Å². The molecule has 0 aliphatic carbocycles. The van der Waals surface area contributed by atoms with Crippen molar-refractivity contribution in [2.24, 2.45) is 0 Å². The number of imidazole rings is 1. The molecule has 0 aliphatic heterocycles. The van der Waals surface area contributed by atoms with Crippen molar-refractivity contribution in [1.29, 1.82) is 0 Å². The molecule has 0 aliphatic rings. The quantitative estimate of drug-likeness (QED) is 0.560. The SMILES string of the molecule is CCOc1ccc2nc(SCC(=O)N(Cc3ccco3)CC(F)(F)F)[nH]c2c1. The lowest BCUT2D eigenvalue weighted by molar-refractivity contribution is -0.161. The Morgan fingerprint density at radius 2 is 2.18 bits per heavy atom. The summed E-state index contributed by atoms with van der Waals surface area (Å²) in [6.45, 7) is 0.814. The number of aromatic nitrogens is 2. The number of amides is 1. The normalized spacial score (nSPS) is 11.7. The van der Waals surface area contributed by atoms with Gasteiger partial charge in [0.2, 0.25) is 5.91 Å². The summed E-state index contributed by atoms with van der Waals surface area (Å²) >= 11 is 1.04. The maximum absolute atomic E-state index is 12.8. The molecule has 6 nitrogen and oxygen atoms in total. The average molecular weight is 413 g/mol. The minimum atomic E-state index is -4.50. The number of aromatic amines is 1. The van der Waals surface area contributed by atoms with Gasteiger partial charge in [-0.25, -0.2) is 4.98 Å². The van der Waals surface area contributed by atoms with E-state index in [2.05, 4.69) is 9.97 Å². The van der Waals surface area contributed by atoms with E-state index >= 15 is 0 Å². The van der Waals surface area contributed by atoms with Gasteiger partial charge in [-0.05, 0) is 31.2 Å². The van der Waals surface area contributed by atoms with Crippen LogP contribution in [0, 0.1) is 0 Å². The van der Waals surface area contributed by atoms with Crippen molar-refractivity contribution in [3.8, 4) is 5.75 Å². The smallest absolute Gasteiger partial charge is 0.406 e. The number of ether oxygens (including phenoxy) is 1. The third-order valence-corrected chi connectivity index (χ3v) is 4.58. The first-order valence-electron chi connectivity index (χ1n) is 8.46. The number of furan rings is 1. The van der Waals surface area contributed by atoms with Gasteiger partial charge in [-0.3, -0.25) is 4.79 Å². The Morgan fingerprint density at radius 3 is 2.86 bits per heavy atom. The fraction of sp³-hybridized carbons (Fsp3) is 0.333. The van der Waals surface area contributed by atoms with Crippen molar-refractivity contribution in [3.63, 3.8) is 0 Å². The second-order valence-corrected chi connectivity index (χ2v) is 6.85. The van der Waals surface area contributed by atoms with E-state index in [0.717, 1.165) is 22.2 Å². The lowest BCUT2D eigenvalue weighted by atomic mass is 10.3. The number of hydrogen-bond donors (Lipinski definition) is 1. The Hall–Kier alpha value is -2.62. The van der Waals surface area contributed by atoms with Gasteiger partial charge in [0.1, 0.15) is 18.1 Å². The van der Waals surface area contributed by atoms with Crippen LogP contribution in [0.15, 0.2) is 46.2 Å². The molecule has 0 saturated carbocycles. The van der Waals surface area contributed by atoms with Gasteiger partial charge in [0.25, 0.3) is 0 Å². The maximum atomic E-state index is 12.8. The largest absolute Gasteiger partial charge is 0.494 e. The molecule has 0 radical (unpaired) electrons. The van der Waals surface area contributed by atoms with Crippen LogP contribution in [0.4, 0.5) is 13.2 Å². The Bertz CT molecular complexity index is 925. The minimum Gasteiger partial charge on any atom is -0.494 e. The van der Waals surface area contributed by atoms with Crippen molar-refractivity contribution < 1.29 is 27.1 Å². The first kappa shape index (κ1) is 20.1. The molecular formula is C18H18F3N3O3S. The number of rotatable bonds is 8. The van der Waals surface area contributed by atoms with Crippen LogP contribution < -0.4 is 4.74 Å². The van der Waals surface area contributed by atoms with Gasteiger partial charge in [0, 0.05) is 6.07 Å². The molecule has 0 fully saturated rings. The fourth-order valence-corrected chi connectivity index (χ4v) is 3.34. The van der Waals surface area contributed by atoms with Gasteiger partial charge in [0.05, 0.1) is 36.2 Å². The highest BCUT2D eigenvalue weighted by molar-refractivity contribution is 7.99. The first-order valence-corrected chi connectivity index (χ1v) is 9.45. The third-order valence-electron chi connectivity index (χ3n) is 3.72. The molecule has 28 heavy (non-hydrogen) atoms. The summed E-state index contributed by atoms with van der Waals surface area (Å²) in [5.41, 5.74) is 1.41. The number of hydrogen-bond acceptors (Lipinski definition) is 5. The number of carbonyl (C=O) groups is 1.